The largest absolute Gasteiger partial charge is 0.379 e. The average molecular weight is 393 g/mol. The molecule has 0 aliphatic rings. The lowest BCUT2D eigenvalue weighted by Gasteiger charge is -2.12. The van der Waals surface area contributed by atoms with Crippen LogP contribution in [0.3, 0.4) is 0 Å². The van der Waals surface area contributed by atoms with Gasteiger partial charge in [-0.15, -0.1) is 0 Å². The van der Waals surface area contributed by atoms with E-state index in [9.17, 15) is 9.59 Å². The van der Waals surface area contributed by atoms with Gasteiger partial charge in [-0.05, 0) is 40.0 Å². The van der Waals surface area contributed by atoms with E-state index in [1.165, 1.54) is 4.68 Å². The van der Waals surface area contributed by atoms with Gasteiger partial charge in [-0.25, -0.2) is 4.68 Å². The molecule has 1 aromatic heterocycles. The zero-order valence-electron chi connectivity index (χ0n) is 14.0. The fraction of sp³-hybridized carbons (Fsp3) is 0.353. The van der Waals surface area contributed by atoms with Crippen molar-refractivity contribution in [2.45, 2.75) is 26.8 Å². The van der Waals surface area contributed by atoms with E-state index in [2.05, 4.69) is 31.7 Å². The van der Waals surface area contributed by atoms with Gasteiger partial charge in [-0.2, -0.15) is 5.10 Å². The number of aryl methyl sites for hydroxylation is 1. The first-order valence-corrected chi connectivity index (χ1v) is 8.57. The van der Waals surface area contributed by atoms with Crippen molar-refractivity contribution in [1.82, 2.24) is 9.78 Å². The molecule has 24 heavy (non-hydrogen) atoms. The summed E-state index contributed by atoms with van der Waals surface area (Å²) in [5, 5.41) is 10.1. The van der Waals surface area contributed by atoms with E-state index in [0.717, 1.165) is 17.7 Å². The van der Waals surface area contributed by atoms with Crippen molar-refractivity contribution in [2.24, 2.45) is 13.0 Å². The molecule has 7 heteroatoms. The summed E-state index contributed by atoms with van der Waals surface area (Å²) in [4.78, 5) is 23.8. The standard InChI is InChI=1S/C17H21BrN4O2/c1-4-11(2)16(23)21-13-7-5-6-12(8-13)9-19-14-10-20-22(3)17(24)15(14)18/h5-8,10-11,19H,4,9H2,1-3H3,(H,21,23). The number of benzene rings is 1. The summed E-state index contributed by atoms with van der Waals surface area (Å²) >= 11 is 3.28. The van der Waals surface area contributed by atoms with Crippen molar-refractivity contribution < 1.29 is 4.79 Å². The lowest BCUT2D eigenvalue weighted by Crippen LogP contribution is -2.21. The molecule has 0 saturated carbocycles. The van der Waals surface area contributed by atoms with Crippen LogP contribution in [0.15, 0.2) is 39.7 Å². The van der Waals surface area contributed by atoms with E-state index in [1.54, 1.807) is 13.2 Å². The van der Waals surface area contributed by atoms with Crippen LogP contribution in [0.25, 0.3) is 0 Å². The van der Waals surface area contributed by atoms with Crippen LogP contribution in [0.5, 0.6) is 0 Å². The van der Waals surface area contributed by atoms with Crippen LogP contribution < -0.4 is 16.2 Å². The van der Waals surface area contributed by atoms with Gasteiger partial charge in [-0.3, -0.25) is 9.59 Å². The van der Waals surface area contributed by atoms with Crippen LogP contribution in [0.2, 0.25) is 0 Å². The van der Waals surface area contributed by atoms with Crippen molar-refractivity contribution in [2.75, 3.05) is 10.6 Å². The van der Waals surface area contributed by atoms with Gasteiger partial charge in [0.1, 0.15) is 4.47 Å². The minimum Gasteiger partial charge on any atom is -0.379 e. The highest BCUT2D eigenvalue weighted by Crippen LogP contribution is 2.18. The van der Waals surface area contributed by atoms with E-state index in [-0.39, 0.29) is 17.4 Å². The number of aromatic nitrogens is 2. The van der Waals surface area contributed by atoms with Gasteiger partial charge < -0.3 is 10.6 Å². The summed E-state index contributed by atoms with van der Waals surface area (Å²) < 4.78 is 1.71. The Morgan fingerprint density at radius 1 is 1.42 bits per heavy atom. The molecule has 1 unspecified atom stereocenters. The van der Waals surface area contributed by atoms with Gasteiger partial charge in [0.15, 0.2) is 0 Å². The maximum atomic E-state index is 12.0. The van der Waals surface area contributed by atoms with Crippen LogP contribution >= 0.6 is 15.9 Å². The molecule has 2 N–H and O–H groups in total. The molecule has 128 valence electrons. The molecular weight excluding hydrogens is 372 g/mol. The van der Waals surface area contributed by atoms with Crippen LogP contribution in [0.1, 0.15) is 25.8 Å². The second kappa shape index (κ2) is 8.10. The number of nitrogens with one attached hydrogen (secondary N) is 2. The fourth-order valence-corrected chi connectivity index (χ4v) is 2.54. The predicted molar refractivity (Wildman–Crippen MR) is 99.0 cm³/mol. The zero-order valence-corrected chi connectivity index (χ0v) is 15.6. The van der Waals surface area contributed by atoms with Gasteiger partial charge in [0, 0.05) is 25.2 Å². The zero-order chi connectivity index (χ0) is 17.7. The molecule has 0 fully saturated rings. The van der Waals surface area contributed by atoms with E-state index in [4.69, 9.17) is 0 Å². The molecule has 2 rings (SSSR count). The molecule has 0 bridgehead atoms. The van der Waals surface area contributed by atoms with Crippen LogP contribution in [0.4, 0.5) is 11.4 Å². The Labute approximate surface area is 149 Å². The Kier molecular flexibility index (Phi) is 6.14. The smallest absolute Gasteiger partial charge is 0.282 e. The molecule has 0 radical (unpaired) electrons. The van der Waals surface area contributed by atoms with E-state index >= 15 is 0 Å². The maximum Gasteiger partial charge on any atom is 0.282 e. The molecule has 0 spiro atoms. The number of rotatable bonds is 6. The fourth-order valence-electron chi connectivity index (χ4n) is 2.04. The van der Waals surface area contributed by atoms with Gasteiger partial charge >= 0.3 is 0 Å². The minimum absolute atomic E-state index is 0.0149. The number of hydrogen-bond acceptors (Lipinski definition) is 4. The summed E-state index contributed by atoms with van der Waals surface area (Å²) in [6.45, 7) is 4.41. The number of carbonyl (C=O) groups excluding carboxylic acids is 1. The third kappa shape index (κ3) is 4.44. The van der Waals surface area contributed by atoms with E-state index < -0.39 is 0 Å². The Hall–Kier alpha value is -2.15. The molecule has 1 aromatic carbocycles. The number of amides is 1. The Balaban J connectivity index is 2.06. The van der Waals surface area contributed by atoms with Crippen LogP contribution in [-0.2, 0) is 18.4 Å². The van der Waals surface area contributed by atoms with Gasteiger partial charge in [0.25, 0.3) is 5.56 Å². The van der Waals surface area contributed by atoms with Crippen molar-refractivity contribution in [1.29, 1.82) is 0 Å². The third-order valence-electron chi connectivity index (χ3n) is 3.82. The molecular formula is C17H21BrN4O2. The first-order valence-electron chi connectivity index (χ1n) is 7.77. The summed E-state index contributed by atoms with van der Waals surface area (Å²) in [6.07, 6.45) is 2.40. The molecule has 1 atom stereocenters. The topological polar surface area (TPSA) is 76.0 Å². The van der Waals surface area contributed by atoms with Crippen molar-refractivity contribution >= 4 is 33.2 Å². The van der Waals surface area contributed by atoms with E-state index in [1.807, 2.05) is 38.1 Å². The SMILES string of the molecule is CCC(C)C(=O)Nc1cccc(CNc2cnn(C)c(=O)c2Br)c1. The molecule has 0 saturated heterocycles. The monoisotopic (exact) mass is 392 g/mol. The van der Waals surface area contributed by atoms with Gasteiger partial charge in [0.05, 0.1) is 11.9 Å². The molecule has 2 aromatic rings. The Bertz CT molecular complexity index is 788. The quantitative estimate of drug-likeness (QED) is 0.791. The highest BCUT2D eigenvalue weighted by atomic mass is 79.9. The third-order valence-corrected chi connectivity index (χ3v) is 4.58. The molecule has 0 aliphatic carbocycles. The molecule has 1 amide bonds. The molecule has 1 heterocycles. The number of anilines is 2. The van der Waals surface area contributed by atoms with Crippen LogP contribution in [0, 0.1) is 5.92 Å². The second-order valence-corrected chi connectivity index (χ2v) is 6.45. The second-order valence-electron chi connectivity index (χ2n) is 5.65. The molecule has 6 nitrogen and oxygen atoms in total. The van der Waals surface area contributed by atoms with Gasteiger partial charge in [0.2, 0.25) is 5.91 Å². The number of hydrogen-bond donors (Lipinski definition) is 2. The first-order chi connectivity index (χ1) is 11.4. The summed E-state index contributed by atoms with van der Waals surface area (Å²) in [5.74, 6) is -0.00421. The van der Waals surface area contributed by atoms with Crippen molar-refractivity contribution in [3.8, 4) is 0 Å². The predicted octanol–water partition coefficient (Wildman–Crippen LogP) is 3.14. The Morgan fingerprint density at radius 3 is 2.88 bits per heavy atom. The van der Waals surface area contributed by atoms with Crippen molar-refractivity contribution in [3.63, 3.8) is 0 Å². The summed E-state index contributed by atoms with van der Waals surface area (Å²) in [5.41, 5.74) is 2.19. The Morgan fingerprint density at radius 2 is 2.17 bits per heavy atom. The summed E-state index contributed by atoms with van der Waals surface area (Å²) in [7, 11) is 1.60. The number of halogens is 1. The van der Waals surface area contributed by atoms with Gasteiger partial charge in [-0.1, -0.05) is 26.0 Å². The highest BCUT2D eigenvalue weighted by molar-refractivity contribution is 9.10. The molecule has 0 aliphatic heterocycles. The average Bonchev–Trinajstić information content (AvgIpc) is 2.58. The number of nitrogens with zero attached hydrogens (tertiary/aromatic N) is 2. The normalized spacial score (nSPS) is 11.8. The van der Waals surface area contributed by atoms with Crippen molar-refractivity contribution in [3.05, 3.63) is 50.9 Å². The lowest BCUT2D eigenvalue weighted by atomic mass is 10.1. The summed E-state index contributed by atoms with van der Waals surface area (Å²) in [6, 6.07) is 7.62. The number of carbonyl (C=O) groups is 1. The van der Waals surface area contributed by atoms with Crippen LogP contribution in [-0.4, -0.2) is 15.7 Å². The highest BCUT2D eigenvalue weighted by Gasteiger charge is 2.11. The minimum atomic E-state index is -0.199. The maximum absolute atomic E-state index is 12.0. The van der Waals surface area contributed by atoms with E-state index in [0.29, 0.717) is 16.7 Å². The first kappa shape index (κ1) is 18.2. The lowest BCUT2D eigenvalue weighted by molar-refractivity contribution is -0.119.